The highest BCUT2D eigenvalue weighted by atomic mass is 79.9. The van der Waals surface area contributed by atoms with Crippen LogP contribution in [0.5, 0.6) is 0 Å². The standard InChI is InChI=1S/C9H12BrClN2O2S.ClH/c10-8-6-7(2-3-9(8)11)16(14,15)13-5-1-4-12;/h2-3,6,13H,1,4-5,12H2;1H. The van der Waals surface area contributed by atoms with Crippen molar-refractivity contribution in [3.8, 4) is 0 Å². The average Bonchev–Trinajstić information content (AvgIpc) is 2.22. The maximum absolute atomic E-state index is 11.8. The summed E-state index contributed by atoms with van der Waals surface area (Å²) in [5.74, 6) is 0. The quantitative estimate of drug-likeness (QED) is 0.787. The normalized spacial score (nSPS) is 11.0. The van der Waals surface area contributed by atoms with Crippen molar-refractivity contribution in [3.05, 3.63) is 27.7 Å². The van der Waals surface area contributed by atoms with Gasteiger partial charge in [-0.25, -0.2) is 13.1 Å². The fraction of sp³-hybridized carbons (Fsp3) is 0.333. The summed E-state index contributed by atoms with van der Waals surface area (Å²) < 4.78 is 26.5. The highest BCUT2D eigenvalue weighted by molar-refractivity contribution is 9.10. The van der Waals surface area contributed by atoms with Gasteiger partial charge in [0.2, 0.25) is 10.0 Å². The van der Waals surface area contributed by atoms with Crippen LogP contribution in [0.25, 0.3) is 0 Å². The third-order valence-corrected chi connectivity index (χ3v) is 4.55. The molecule has 0 saturated heterocycles. The van der Waals surface area contributed by atoms with E-state index in [0.717, 1.165) is 0 Å². The Kier molecular flexibility index (Phi) is 7.62. The SMILES string of the molecule is Cl.NCCCNS(=O)(=O)c1ccc(Cl)c(Br)c1. The molecule has 0 aliphatic carbocycles. The molecule has 17 heavy (non-hydrogen) atoms. The Balaban J connectivity index is 0.00000256. The molecule has 0 saturated carbocycles. The largest absolute Gasteiger partial charge is 0.330 e. The molecule has 1 aromatic carbocycles. The van der Waals surface area contributed by atoms with E-state index in [9.17, 15) is 8.42 Å². The summed E-state index contributed by atoms with van der Waals surface area (Å²) in [7, 11) is -3.47. The first kappa shape index (κ1) is 17.2. The van der Waals surface area contributed by atoms with Crippen LogP contribution in [0.2, 0.25) is 5.02 Å². The number of benzene rings is 1. The summed E-state index contributed by atoms with van der Waals surface area (Å²) in [5, 5.41) is 0.473. The first-order valence-electron chi connectivity index (χ1n) is 4.62. The molecule has 0 aromatic heterocycles. The lowest BCUT2D eigenvalue weighted by Crippen LogP contribution is -2.26. The third-order valence-electron chi connectivity index (χ3n) is 1.87. The number of hydrogen-bond donors (Lipinski definition) is 2. The summed E-state index contributed by atoms with van der Waals surface area (Å²) >= 11 is 8.96. The second-order valence-electron chi connectivity index (χ2n) is 3.12. The Bertz CT molecular complexity index is 468. The Morgan fingerprint density at radius 1 is 1.41 bits per heavy atom. The summed E-state index contributed by atoms with van der Waals surface area (Å²) in [4.78, 5) is 0.181. The third kappa shape index (κ3) is 5.11. The van der Waals surface area contributed by atoms with E-state index in [0.29, 0.717) is 29.0 Å². The molecule has 1 rings (SSSR count). The first-order chi connectivity index (χ1) is 7.47. The molecule has 0 spiro atoms. The molecule has 98 valence electrons. The molecule has 0 radical (unpaired) electrons. The van der Waals surface area contributed by atoms with Gasteiger partial charge < -0.3 is 5.73 Å². The van der Waals surface area contributed by atoms with Gasteiger partial charge in [0.25, 0.3) is 0 Å². The monoisotopic (exact) mass is 362 g/mol. The molecule has 0 bridgehead atoms. The van der Waals surface area contributed by atoms with Gasteiger partial charge in [0.15, 0.2) is 0 Å². The Hall–Kier alpha value is 0.150. The Labute approximate surface area is 121 Å². The zero-order valence-electron chi connectivity index (χ0n) is 8.82. The second kappa shape index (κ2) is 7.56. The van der Waals surface area contributed by atoms with E-state index in [1.54, 1.807) is 0 Å². The molecule has 4 nitrogen and oxygen atoms in total. The zero-order chi connectivity index (χ0) is 12.2. The molecule has 0 aliphatic heterocycles. The van der Waals surface area contributed by atoms with Gasteiger partial charge in [0.1, 0.15) is 0 Å². The van der Waals surface area contributed by atoms with Crippen molar-refractivity contribution in [3.63, 3.8) is 0 Å². The molecule has 0 heterocycles. The molecule has 0 atom stereocenters. The van der Waals surface area contributed by atoms with Crippen molar-refractivity contribution in [2.45, 2.75) is 11.3 Å². The van der Waals surface area contributed by atoms with E-state index in [-0.39, 0.29) is 17.3 Å². The van der Waals surface area contributed by atoms with Crippen LogP contribution in [0.1, 0.15) is 6.42 Å². The maximum atomic E-state index is 11.8. The van der Waals surface area contributed by atoms with Gasteiger partial charge in [-0.1, -0.05) is 11.6 Å². The van der Waals surface area contributed by atoms with E-state index in [4.69, 9.17) is 17.3 Å². The van der Waals surface area contributed by atoms with E-state index < -0.39 is 10.0 Å². The van der Waals surface area contributed by atoms with Crippen LogP contribution in [-0.2, 0) is 10.0 Å². The fourth-order valence-corrected chi connectivity index (χ4v) is 2.78. The summed E-state index contributed by atoms with van der Waals surface area (Å²) in [6, 6.07) is 4.45. The minimum atomic E-state index is -3.47. The zero-order valence-corrected chi connectivity index (χ0v) is 12.8. The minimum absolute atomic E-state index is 0. The molecule has 0 amide bonds. The maximum Gasteiger partial charge on any atom is 0.240 e. The number of nitrogens with one attached hydrogen (secondary N) is 1. The molecular formula is C9H13BrCl2N2O2S. The Morgan fingerprint density at radius 2 is 2.06 bits per heavy atom. The van der Waals surface area contributed by atoms with E-state index in [1.807, 2.05) is 0 Å². The molecular weight excluding hydrogens is 351 g/mol. The van der Waals surface area contributed by atoms with Crippen molar-refractivity contribution in [1.82, 2.24) is 4.72 Å². The number of halogens is 3. The lowest BCUT2D eigenvalue weighted by molar-refractivity contribution is 0.579. The van der Waals surface area contributed by atoms with Crippen molar-refractivity contribution in [2.24, 2.45) is 5.73 Å². The molecule has 0 aliphatic rings. The van der Waals surface area contributed by atoms with Crippen LogP contribution in [0.4, 0.5) is 0 Å². The highest BCUT2D eigenvalue weighted by Gasteiger charge is 2.14. The van der Waals surface area contributed by atoms with Gasteiger partial charge in [0.05, 0.1) is 9.92 Å². The summed E-state index contributed by atoms with van der Waals surface area (Å²) in [6.45, 7) is 0.784. The Morgan fingerprint density at radius 3 is 2.59 bits per heavy atom. The van der Waals surface area contributed by atoms with Gasteiger partial charge in [0, 0.05) is 11.0 Å². The molecule has 8 heteroatoms. The molecule has 3 N–H and O–H groups in total. The predicted octanol–water partition coefficient (Wildman–Crippen LogP) is 2.15. The predicted molar refractivity (Wildman–Crippen MR) is 75.3 cm³/mol. The topological polar surface area (TPSA) is 72.2 Å². The van der Waals surface area contributed by atoms with Crippen molar-refractivity contribution < 1.29 is 8.42 Å². The smallest absolute Gasteiger partial charge is 0.240 e. The van der Waals surface area contributed by atoms with Crippen LogP contribution < -0.4 is 10.5 Å². The number of hydrogen-bond acceptors (Lipinski definition) is 3. The fourth-order valence-electron chi connectivity index (χ4n) is 1.04. The van der Waals surface area contributed by atoms with Gasteiger partial charge in [-0.2, -0.15) is 0 Å². The van der Waals surface area contributed by atoms with E-state index in [1.165, 1.54) is 18.2 Å². The van der Waals surface area contributed by atoms with Crippen molar-refractivity contribution in [2.75, 3.05) is 13.1 Å². The first-order valence-corrected chi connectivity index (χ1v) is 7.27. The van der Waals surface area contributed by atoms with Crippen molar-refractivity contribution >= 4 is 50.0 Å². The van der Waals surface area contributed by atoms with Gasteiger partial charge in [-0.3, -0.25) is 0 Å². The lowest BCUT2D eigenvalue weighted by Gasteiger charge is -2.06. The van der Waals surface area contributed by atoms with E-state index in [2.05, 4.69) is 20.7 Å². The van der Waals surface area contributed by atoms with Crippen LogP contribution in [0, 0.1) is 0 Å². The van der Waals surface area contributed by atoms with Crippen molar-refractivity contribution in [1.29, 1.82) is 0 Å². The lowest BCUT2D eigenvalue weighted by atomic mass is 10.4. The number of nitrogens with two attached hydrogens (primary N) is 1. The molecule has 0 fully saturated rings. The van der Waals surface area contributed by atoms with Gasteiger partial charge >= 0.3 is 0 Å². The van der Waals surface area contributed by atoms with Gasteiger partial charge in [-0.05, 0) is 47.1 Å². The minimum Gasteiger partial charge on any atom is -0.330 e. The van der Waals surface area contributed by atoms with Gasteiger partial charge in [-0.15, -0.1) is 12.4 Å². The summed E-state index contributed by atoms with van der Waals surface area (Å²) in [6.07, 6.45) is 0.605. The van der Waals surface area contributed by atoms with Crippen LogP contribution in [0.3, 0.4) is 0 Å². The molecule has 0 unspecified atom stereocenters. The molecule has 1 aromatic rings. The number of rotatable bonds is 5. The highest BCUT2D eigenvalue weighted by Crippen LogP contribution is 2.25. The average molecular weight is 364 g/mol. The summed E-state index contributed by atoms with van der Waals surface area (Å²) in [5.41, 5.74) is 5.28. The van der Waals surface area contributed by atoms with Crippen LogP contribution >= 0.6 is 39.9 Å². The van der Waals surface area contributed by atoms with Crippen LogP contribution in [-0.4, -0.2) is 21.5 Å². The second-order valence-corrected chi connectivity index (χ2v) is 6.14. The van der Waals surface area contributed by atoms with E-state index >= 15 is 0 Å². The van der Waals surface area contributed by atoms with Crippen LogP contribution in [0.15, 0.2) is 27.6 Å². The number of sulfonamides is 1.